The summed E-state index contributed by atoms with van der Waals surface area (Å²) in [7, 11) is 0. The number of epoxide rings is 1. The van der Waals surface area contributed by atoms with Gasteiger partial charge in [0.05, 0.1) is 30.9 Å². The minimum absolute atomic E-state index is 0.0170. The molecule has 1 amide bonds. The molecule has 10 rings (SSSR count). The van der Waals surface area contributed by atoms with Crippen molar-refractivity contribution in [1.82, 2.24) is 10.4 Å². The maximum absolute atomic E-state index is 14.9. The highest BCUT2D eigenvalue weighted by Gasteiger charge is 2.78. The lowest BCUT2D eigenvalue weighted by Gasteiger charge is -2.53. The summed E-state index contributed by atoms with van der Waals surface area (Å²) < 4.78 is 31.8. The summed E-state index contributed by atoms with van der Waals surface area (Å²) in [5.41, 5.74) is 1.97. The molecule has 1 aromatic carbocycles. The monoisotopic (exact) mass is 816 g/mol. The van der Waals surface area contributed by atoms with Crippen LogP contribution in [0, 0.1) is 34.5 Å². The molecule has 4 aliphatic heterocycles. The lowest BCUT2D eigenvalue weighted by molar-refractivity contribution is -0.235. The van der Waals surface area contributed by atoms with Crippen molar-refractivity contribution in [3.63, 3.8) is 0 Å². The van der Waals surface area contributed by atoms with Gasteiger partial charge in [-0.3, -0.25) is 19.2 Å². The Bertz CT molecular complexity index is 1870. The molecular weight excluding hydrogens is 753 g/mol. The summed E-state index contributed by atoms with van der Waals surface area (Å²) in [4.78, 5) is 48.6. The average Bonchev–Trinajstić information content (AvgIpc) is 4.12. The van der Waals surface area contributed by atoms with Crippen molar-refractivity contribution in [2.45, 2.75) is 185 Å². The van der Waals surface area contributed by atoms with Crippen LogP contribution in [0.4, 0.5) is 0 Å². The van der Waals surface area contributed by atoms with E-state index in [-0.39, 0.29) is 49.9 Å². The molecular formula is C47H64N2O10. The first-order valence-corrected chi connectivity index (χ1v) is 22.6. The Labute approximate surface area is 348 Å². The number of carbonyl (C=O) groups is 3. The van der Waals surface area contributed by atoms with Crippen molar-refractivity contribution in [2.75, 3.05) is 6.61 Å². The lowest BCUT2D eigenvalue weighted by atomic mass is 9.52. The van der Waals surface area contributed by atoms with Crippen LogP contribution in [0.15, 0.2) is 29.8 Å². The Morgan fingerprint density at radius 2 is 1.69 bits per heavy atom. The van der Waals surface area contributed by atoms with Crippen molar-refractivity contribution < 1.29 is 48.0 Å². The zero-order chi connectivity index (χ0) is 41.3. The third kappa shape index (κ3) is 7.00. The Morgan fingerprint density at radius 1 is 0.983 bits per heavy atom. The van der Waals surface area contributed by atoms with Crippen LogP contribution in [0.3, 0.4) is 0 Å². The molecule has 5 saturated carbocycles. The number of aliphatic hydroxyl groups excluding tert-OH is 1. The van der Waals surface area contributed by atoms with Gasteiger partial charge in [0.15, 0.2) is 11.8 Å². The van der Waals surface area contributed by atoms with E-state index in [2.05, 4.69) is 56.4 Å². The van der Waals surface area contributed by atoms with Crippen molar-refractivity contribution >= 4 is 23.9 Å². The second-order valence-electron chi connectivity index (χ2n) is 21.5. The zero-order valence-corrected chi connectivity index (χ0v) is 35.7. The molecule has 11 unspecified atom stereocenters. The highest BCUT2D eigenvalue weighted by atomic mass is 16.8. The number of esters is 2. The van der Waals surface area contributed by atoms with Gasteiger partial charge in [0.2, 0.25) is 5.91 Å². The van der Waals surface area contributed by atoms with Crippen LogP contribution in [0.1, 0.15) is 130 Å². The number of amides is 1. The van der Waals surface area contributed by atoms with Crippen molar-refractivity contribution in [3.05, 3.63) is 41.0 Å². The summed E-state index contributed by atoms with van der Waals surface area (Å²) in [6.45, 7) is 12.4. The fourth-order valence-electron chi connectivity index (χ4n) is 12.2. The first kappa shape index (κ1) is 40.2. The number of benzene rings is 1. The van der Waals surface area contributed by atoms with E-state index in [0.29, 0.717) is 23.4 Å². The molecule has 2 N–H and O–H groups in total. The van der Waals surface area contributed by atoms with Gasteiger partial charge < -0.3 is 34.1 Å². The average molecular weight is 817 g/mol. The fraction of sp³-hybridized carbons (Fsp3) is 0.766. The lowest BCUT2D eigenvalue weighted by Crippen LogP contribution is -2.70. The smallest absolute Gasteiger partial charge is 0.327 e. The summed E-state index contributed by atoms with van der Waals surface area (Å²) in [5.74, 6) is -0.313. The van der Waals surface area contributed by atoms with E-state index >= 15 is 0 Å². The summed E-state index contributed by atoms with van der Waals surface area (Å²) >= 11 is 0. The van der Waals surface area contributed by atoms with Gasteiger partial charge in [-0.1, -0.05) is 49.8 Å². The molecule has 59 heavy (non-hydrogen) atoms. The summed E-state index contributed by atoms with van der Waals surface area (Å²) in [6, 6.07) is 6.67. The Hall–Kier alpha value is -2.87. The normalized spacial score (nSPS) is 40.3. The zero-order valence-electron chi connectivity index (χ0n) is 35.7. The van der Waals surface area contributed by atoms with Gasteiger partial charge in [-0.05, 0) is 120 Å². The molecule has 4 heterocycles. The van der Waals surface area contributed by atoms with Gasteiger partial charge in [0.25, 0.3) is 0 Å². The molecule has 322 valence electrons. The third-order valence-corrected chi connectivity index (χ3v) is 15.6. The number of ether oxygens (including phenoxy) is 5. The molecule has 0 radical (unpaired) electrons. The van der Waals surface area contributed by atoms with Gasteiger partial charge >= 0.3 is 11.9 Å². The minimum atomic E-state index is -1.37. The van der Waals surface area contributed by atoms with Crippen LogP contribution >= 0.6 is 0 Å². The maximum Gasteiger partial charge on any atom is 0.327 e. The summed E-state index contributed by atoms with van der Waals surface area (Å²) in [5, 5.41) is 15.1. The largest absolute Gasteiger partial charge is 0.460 e. The Morgan fingerprint density at radius 3 is 2.36 bits per heavy atom. The quantitative estimate of drug-likeness (QED) is 0.196. The number of hydrogen-bond donors (Lipinski definition) is 2. The topological polar surface area (TPSA) is 145 Å². The van der Waals surface area contributed by atoms with Crippen LogP contribution in [-0.2, 0) is 49.5 Å². The number of rotatable bonds is 11. The molecule has 0 aromatic heterocycles. The van der Waals surface area contributed by atoms with Gasteiger partial charge in [0.1, 0.15) is 35.4 Å². The van der Waals surface area contributed by atoms with E-state index in [1.807, 2.05) is 0 Å². The van der Waals surface area contributed by atoms with Crippen molar-refractivity contribution in [2.24, 2.45) is 34.5 Å². The van der Waals surface area contributed by atoms with Gasteiger partial charge in [0, 0.05) is 24.7 Å². The number of carbonyl (C=O) groups excluding carboxylic acids is 3. The first-order valence-electron chi connectivity index (χ1n) is 22.6. The number of aliphatic hydroxyl groups is 1. The Balaban J connectivity index is 0.911. The number of hydroxylamine groups is 2. The van der Waals surface area contributed by atoms with Crippen LogP contribution in [0.25, 0.3) is 6.08 Å². The molecule has 1 aromatic rings. The molecule has 12 nitrogen and oxygen atoms in total. The van der Waals surface area contributed by atoms with Crippen molar-refractivity contribution in [3.8, 4) is 0 Å². The molecule has 9 fully saturated rings. The number of hydrogen-bond acceptors (Lipinski definition) is 11. The van der Waals surface area contributed by atoms with Gasteiger partial charge in [-0.25, -0.2) is 0 Å². The van der Waals surface area contributed by atoms with Crippen LogP contribution in [0.5, 0.6) is 0 Å². The third-order valence-electron chi connectivity index (χ3n) is 15.6. The maximum atomic E-state index is 14.9. The predicted octanol–water partition coefficient (Wildman–Crippen LogP) is 6.16. The molecule has 9 aliphatic rings. The van der Waals surface area contributed by atoms with Crippen molar-refractivity contribution in [1.29, 1.82) is 0 Å². The molecule has 4 saturated heterocycles. The SMILES string of the molecule is CC(C)(C)OC(=O)CCC(CO)NC(=O)C12CC3OC(=O)C1N(Cc1ccc(C=C4CCC5OC5(C)CCC5C4CC5(C)C)cc1)OC2C1OC(C2CC2)(C2CC2)OC31. The Kier molecular flexibility index (Phi) is 9.59. The highest BCUT2D eigenvalue weighted by molar-refractivity contribution is 5.93. The molecule has 2 bridgehead atoms. The fourth-order valence-corrected chi connectivity index (χ4v) is 12.2. The molecule has 12 heteroatoms. The van der Waals surface area contributed by atoms with Crippen LogP contribution in [0.2, 0.25) is 0 Å². The van der Waals surface area contributed by atoms with Gasteiger partial charge in [-0.15, -0.1) is 0 Å². The van der Waals surface area contributed by atoms with E-state index in [4.69, 9.17) is 28.5 Å². The number of nitrogens with one attached hydrogen (secondary N) is 1. The van der Waals surface area contributed by atoms with E-state index in [9.17, 15) is 19.5 Å². The number of allylic oxidation sites excluding steroid dienone is 1. The minimum Gasteiger partial charge on any atom is -0.460 e. The van der Waals surface area contributed by atoms with E-state index in [0.717, 1.165) is 56.1 Å². The van der Waals surface area contributed by atoms with Gasteiger partial charge in [-0.2, -0.15) is 5.06 Å². The summed E-state index contributed by atoms with van der Waals surface area (Å²) in [6.07, 6.45) is 10.2. The molecule has 11 atom stereocenters. The number of fused-ring (bicyclic) bond motifs is 6. The van der Waals surface area contributed by atoms with E-state index < -0.39 is 71.1 Å². The predicted molar refractivity (Wildman–Crippen MR) is 215 cm³/mol. The van der Waals surface area contributed by atoms with E-state index in [1.165, 1.54) is 18.4 Å². The first-order chi connectivity index (χ1) is 28.0. The standard InChI is InChI=1S/C47H64N2O10/c1-43(2,3)56-36(51)18-16-31(25-50)48-42(53)46-23-34-37-38(58-47(57-37,29-12-13-29)30-14-15-30)40(46)59-49(39(46)41(52)54-34)24-27-9-7-26(8-10-27)21-28-11-17-35-45(6,55-35)20-19-33-32(28)22-44(33,4)5/h7-10,21,29-35,37-40,50H,11-20,22-25H2,1-6H3,(H,48,53). The molecule has 5 aliphatic carbocycles. The van der Waals surface area contributed by atoms with E-state index in [1.54, 1.807) is 25.8 Å². The second-order valence-corrected chi connectivity index (χ2v) is 21.5. The highest BCUT2D eigenvalue weighted by Crippen LogP contribution is 2.64. The molecule has 0 spiro atoms. The second kappa shape index (κ2) is 14.1. The number of nitrogens with zero attached hydrogens (tertiary/aromatic N) is 1. The van der Waals surface area contributed by atoms with Crippen LogP contribution in [-0.4, -0.2) is 94.2 Å². The van der Waals surface area contributed by atoms with Crippen LogP contribution < -0.4 is 5.32 Å².